The van der Waals surface area contributed by atoms with Crippen LogP contribution in [0.1, 0.15) is 23.2 Å². The van der Waals surface area contributed by atoms with Crippen molar-refractivity contribution in [2.45, 2.75) is 18.4 Å². The lowest BCUT2D eigenvalue weighted by Gasteiger charge is -2.34. The molecular weight excluding hydrogens is 393 g/mol. The Morgan fingerprint density at radius 3 is 2.52 bits per heavy atom. The molecule has 9 heteroatoms. The van der Waals surface area contributed by atoms with Crippen LogP contribution in [0.15, 0.2) is 18.2 Å². The lowest BCUT2D eigenvalue weighted by molar-refractivity contribution is -0.140. The molecule has 1 aromatic carbocycles. The van der Waals surface area contributed by atoms with Crippen LogP contribution in [-0.4, -0.2) is 68.8 Å². The molecule has 0 aromatic heterocycles. The highest BCUT2D eigenvalue weighted by Gasteiger charge is 2.39. The van der Waals surface area contributed by atoms with Gasteiger partial charge < -0.3 is 25.0 Å². The summed E-state index contributed by atoms with van der Waals surface area (Å²) in [7, 11) is 1.56. The zero-order valence-corrected chi connectivity index (χ0v) is 16.8. The van der Waals surface area contributed by atoms with E-state index >= 15 is 0 Å². The zero-order valence-electron chi connectivity index (χ0n) is 15.3. The number of hydrogen-bond acceptors (Lipinski definition) is 5. The molecular formula is C18H25Cl2N3O4. The topological polar surface area (TPSA) is 79.9 Å². The molecule has 2 heterocycles. The van der Waals surface area contributed by atoms with Gasteiger partial charge in [0.2, 0.25) is 0 Å². The summed E-state index contributed by atoms with van der Waals surface area (Å²) in [4.78, 5) is 27.0. The number of methoxy groups -OCH3 is 1. The Morgan fingerprint density at radius 2 is 1.93 bits per heavy atom. The lowest BCUT2D eigenvalue weighted by atomic mass is 9.91. The van der Waals surface area contributed by atoms with Gasteiger partial charge in [-0.25, -0.2) is 0 Å². The maximum absolute atomic E-state index is 12.7. The van der Waals surface area contributed by atoms with Gasteiger partial charge in [-0.15, -0.1) is 12.4 Å². The van der Waals surface area contributed by atoms with Gasteiger partial charge in [0.1, 0.15) is 5.60 Å². The number of rotatable bonds is 4. The molecule has 0 radical (unpaired) electrons. The van der Waals surface area contributed by atoms with Crippen molar-refractivity contribution in [3.8, 4) is 0 Å². The van der Waals surface area contributed by atoms with Crippen LogP contribution in [-0.2, 0) is 14.3 Å². The van der Waals surface area contributed by atoms with Crippen LogP contribution in [0.3, 0.4) is 0 Å². The van der Waals surface area contributed by atoms with Gasteiger partial charge in [0, 0.05) is 25.9 Å². The molecule has 2 saturated heterocycles. The molecule has 0 saturated carbocycles. The number of carbonyl (C=O) groups excluding carboxylic acids is 2. The van der Waals surface area contributed by atoms with Gasteiger partial charge in [-0.2, -0.15) is 0 Å². The first-order valence-corrected chi connectivity index (χ1v) is 9.17. The number of ether oxygens (including phenoxy) is 2. The molecule has 2 amide bonds. The normalized spacial score (nSPS) is 19.1. The molecule has 0 unspecified atom stereocenters. The summed E-state index contributed by atoms with van der Waals surface area (Å²) < 4.78 is 10.8. The number of morpholine rings is 1. The molecule has 150 valence electrons. The Kier molecular flexibility index (Phi) is 7.88. The van der Waals surface area contributed by atoms with E-state index in [4.69, 9.17) is 21.1 Å². The Morgan fingerprint density at radius 1 is 1.26 bits per heavy atom. The van der Waals surface area contributed by atoms with Crippen molar-refractivity contribution in [3.05, 3.63) is 28.8 Å². The highest BCUT2D eigenvalue weighted by Crippen LogP contribution is 2.27. The average Bonchev–Trinajstić information content (AvgIpc) is 2.68. The van der Waals surface area contributed by atoms with E-state index in [0.717, 1.165) is 13.1 Å². The van der Waals surface area contributed by atoms with Crippen LogP contribution in [0.5, 0.6) is 0 Å². The number of nitrogens with one attached hydrogen (secondary N) is 2. The maximum atomic E-state index is 12.7. The summed E-state index contributed by atoms with van der Waals surface area (Å²) in [5.41, 5.74) is 0.142. The van der Waals surface area contributed by atoms with E-state index < -0.39 is 5.60 Å². The quantitative estimate of drug-likeness (QED) is 0.782. The first kappa shape index (κ1) is 21.9. The van der Waals surface area contributed by atoms with Gasteiger partial charge in [0.15, 0.2) is 0 Å². The standard InChI is InChI=1S/C18H24ClN3O4.ClH/c1-25-18(4-6-20-7-5-18)17(24)21-13-2-3-14(15(19)12-13)16(23)22-8-10-26-11-9-22;/h2-3,12,20H,4-11H2,1H3,(H,21,24);1H. The number of nitrogens with zero attached hydrogens (tertiary/aromatic N) is 1. The highest BCUT2D eigenvalue weighted by molar-refractivity contribution is 6.34. The number of halogens is 2. The van der Waals surface area contributed by atoms with Crippen LogP contribution in [0.4, 0.5) is 5.69 Å². The van der Waals surface area contributed by atoms with Crippen molar-refractivity contribution in [2.24, 2.45) is 0 Å². The number of anilines is 1. The Hall–Kier alpha value is -1.38. The molecule has 2 aliphatic heterocycles. The summed E-state index contributed by atoms with van der Waals surface area (Å²) in [6.07, 6.45) is 1.22. The van der Waals surface area contributed by atoms with Crippen molar-refractivity contribution in [1.82, 2.24) is 10.2 Å². The van der Waals surface area contributed by atoms with Gasteiger partial charge in [0.05, 0.1) is 23.8 Å². The van der Waals surface area contributed by atoms with E-state index in [-0.39, 0.29) is 24.2 Å². The summed E-state index contributed by atoms with van der Waals surface area (Å²) in [5.74, 6) is -0.312. The molecule has 1 aromatic rings. The number of piperidine rings is 1. The SMILES string of the molecule is COC1(C(=O)Nc2ccc(C(=O)N3CCOCC3)c(Cl)c2)CCNCC1.Cl. The third-order valence-electron chi connectivity index (χ3n) is 4.97. The van der Waals surface area contributed by atoms with E-state index in [0.29, 0.717) is 55.4 Å². The molecule has 27 heavy (non-hydrogen) atoms. The minimum Gasteiger partial charge on any atom is -0.378 e. The largest absolute Gasteiger partial charge is 0.378 e. The van der Waals surface area contributed by atoms with E-state index in [2.05, 4.69) is 10.6 Å². The minimum absolute atomic E-state index is 0. The van der Waals surface area contributed by atoms with Crippen LogP contribution >= 0.6 is 24.0 Å². The third-order valence-corrected chi connectivity index (χ3v) is 5.28. The van der Waals surface area contributed by atoms with Gasteiger partial charge in [-0.1, -0.05) is 11.6 Å². The molecule has 2 N–H and O–H groups in total. The minimum atomic E-state index is -0.833. The number of amides is 2. The summed E-state index contributed by atoms with van der Waals surface area (Å²) in [6.45, 7) is 3.64. The second-order valence-electron chi connectivity index (χ2n) is 6.50. The van der Waals surface area contributed by atoms with Crippen molar-refractivity contribution < 1.29 is 19.1 Å². The van der Waals surface area contributed by atoms with Gasteiger partial charge in [-0.3, -0.25) is 9.59 Å². The predicted molar refractivity (Wildman–Crippen MR) is 106 cm³/mol. The third kappa shape index (κ3) is 4.92. The van der Waals surface area contributed by atoms with Gasteiger partial charge in [0.25, 0.3) is 11.8 Å². The fourth-order valence-electron chi connectivity index (χ4n) is 3.30. The van der Waals surface area contributed by atoms with Gasteiger partial charge in [-0.05, 0) is 44.1 Å². The first-order chi connectivity index (χ1) is 12.6. The van der Waals surface area contributed by atoms with Crippen LogP contribution in [0, 0.1) is 0 Å². The fraction of sp³-hybridized carbons (Fsp3) is 0.556. The molecule has 7 nitrogen and oxygen atoms in total. The molecule has 2 fully saturated rings. The van der Waals surface area contributed by atoms with E-state index in [9.17, 15) is 9.59 Å². The summed E-state index contributed by atoms with van der Waals surface area (Å²) in [5, 5.41) is 6.41. The molecule has 0 bridgehead atoms. The number of benzene rings is 1. The average molecular weight is 418 g/mol. The summed E-state index contributed by atoms with van der Waals surface area (Å²) >= 11 is 6.31. The predicted octanol–water partition coefficient (Wildman–Crippen LogP) is 1.94. The van der Waals surface area contributed by atoms with E-state index in [1.54, 1.807) is 30.2 Å². The van der Waals surface area contributed by atoms with Gasteiger partial charge >= 0.3 is 0 Å². The smallest absolute Gasteiger partial charge is 0.256 e. The molecule has 3 rings (SSSR count). The fourth-order valence-corrected chi connectivity index (χ4v) is 3.56. The molecule has 2 aliphatic rings. The van der Waals surface area contributed by atoms with Crippen LogP contribution in [0.25, 0.3) is 0 Å². The summed E-state index contributed by atoms with van der Waals surface area (Å²) in [6, 6.07) is 4.96. The highest BCUT2D eigenvalue weighted by atomic mass is 35.5. The molecule has 0 spiro atoms. The zero-order chi connectivity index (χ0) is 18.6. The van der Waals surface area contributed by atoms with Crippen molar-refractivity contribution in [1.29, 1.82) is 0 Å². The van der Waals surface area contributed by atoms with Crippen molar-refractivity contribution in [3.63, 3.8) is 0 Å². The Balaban J connectivity index is 0.00000261. The monoisotopic (exact) mass is 417 g/mol. The van der Waals surface area contributed by atoms with Crippen molar-refractivity contribution in [2.75, 3.05) is 51.8 Å². The number of hydrogen-bond donors (Lipinski definition) is 2. The second-order valence-corrected chi connectivity index (χ2v) is 6.91. The lowest BCUT2D eigenvalue weighted by Crippen LogP contribution is -2.51. The maximum Gasteiger partial charge on any atom is 0.256 e. The van der Waals surface area contributed by atoms with Crippen LogP contribution < -0.4 is 10.6 Å². The Bertz CT molecular complexity index is 675. The number of carbonyl (C=O) groups is 2. The Labute approximate surface area is 170 Å². The molecule has 0 atom stereocenters. The second kappa shape index (κ2) is 9.71. The van der Waals surface area contributed by atoms with E-state index in [1.807, 2.05) is 0 Å². The first-order valence-electron chi connectivity index (χ1n) is 8.80. The van der Waals surface area contributed by atoms with Crippen LogP contribution in [0.2, 0.25) is 5.02 Å². The van der Waals surface area contributed by atoms with Crippen molar-refractivity contribution >= 4 is 41.5 Å². The molecule has 0 aliphatic carbocycles. The van der Waals surface area contributed by atoms with E-state index in [1.165, 1.54) is 0 Å².